The monoisotopic (exact) mass is 368 g/mol. The third-order valence-corrected chi connectivity index (χ3v) is 4.61. The van der Waals surface area contributed by atoms with E-state index in [1.165, 1.54) is 7.05 Å². The quantitative estimate of drug-likeness (QED) is 0.900. The molecule has 1 N–H and O–H groups in total. The third kappa shape index (κ3) is 3.57. The second kappa shape index (κ2) is 7.06. The summed E-state index contributed by atoms with van der Waals surface area (Å²) >= 11 is 0. The van der Waals surface area contributed by atoms with Crippen LogP contribution in [0.5, 0.6) is 0 Å². The largest absolute Gasteiger partial charge is 0.393 e. The second-order valence-electron chi connectivity index (χ2n) is 6.38. The van der Waals surface area contributed by atoms with Crippen LogP contribution in [0.3, 0.4) is 0 Å². The average Bonchev–Trinajstić information content (AvgIpc) is 2.63. The van der Waals surface area contributed by atoms with Gasteiger partial charge in [0, 0.05) is 19.0 Å². The summed E-state index contributed by atoms with van der Waals surface area (Å²) < 4.78 is 40.1. The van der Waals surface area contributed by atoms with Gasteiger partial charge in [-0.15, -0.1) is 0 Å². The fraction of sp³-hybridized carbons (Fsp3) is 0.471. The molecule has 3 rings (SSSR count). The van der Waals surface area contributed by atoms with Crippen LogP contribution in [0.4, 0.5) is 13.2 Å². The maximum atomic E-state index is 13.0. The number of aromatic nitrogens is 2. The number of nitrogens with one attached hydrogen (secondary N) is 1. The Hall–Kier alpha value is -2.42. The Balaban J connectivity index is 1.96. The zero-order chi connectivity index (χ0) is 18.9. The third-order valence-electron chi connectivity index (χ3n) is 4.61. The van der Waals surface area contributed by atoms with E-state index in [4.69, 9.17) is 0 Å². The molecule has 9 heteroatoms. The number of hydrogen-bond donors (Lipinski definition) is 1. The molecule has 0 spiro atoms. The molecule has 1 saturated heterocycles. The Bertz CT molecular complexity index is 878. The van der Waals surface area contributed by atoms with Gasteiger partial charge in [-0.25, -0.2) is 4.68 Å². The van der Waals surface area contributed by atoms with Gasteiger partial charge in [0.15, 0.2) is 5.69 Å². The number of halogens is 3. The minimum absolute atomic E-state index is 0.0760. The molecule has 1 fully saturated rings. The number of nitrogens with zero attached hydrogens (tertiary/aromatic N) is 3. The highest BCUT2D eigenvalue weighted by molar-refractivity contribution is 6.04. The number of carbonyl (C=O) groups excluding carboxylic acids is 1. The van der Waals surface area contributed by atoms with Crippen molar-refractivity contribution >= 4 is 16.7 Å². The van der Waals surface area contributed by atoms with Gasteiger partial charge in [-0.2, -0.15) is 18.3 Å². The van der Waals surface area contributed by atoms with Crippen molar-refractivity contribution in [1.82, 2.24) is 20.0 Å². The van der Waals surface area contributed by atoms with Crippen molar-refractivity contribution in [2.45, 2.75) is 25.7 Å². The number of carbonyl (C=O) groups is 1. The zero-order valence-electron chi connectivity index (χ0n) is 14.2. The van der Waals surface area contributed by atoms with E-state index in [0.29, 0.717) is 23.7 Å². The molecule has 1 atom stereocenters. The van der Waals surface area contributed by atoms with E-state index >= 15 is 0 Å². The summed E-state index contributed by atoms with van der Waals surface area (Å²) in [5, 5.41) is 7.32. The maximum absolute atomic E-state index is 13.0. The number of piperidine rings is 1. The summed E-state index contributed by atoms with van der Waals surface area (Å²) in [6, 6.07) is 6.57. The van der Waals surface area contributed by atoms with Crippen molar-refractivity contribution in [2.24, 2.45) is 5.92 Å². The lowest BCUT2D eigenvalue weighted by Crippen LogP contribution is -2.44. The van der Waals surface area contributed by atoms with E-state index in [2.05, 4.69) is 10.4 Å². The van der Waals surface area contributed by atoms with Gasteiger partial charge in [0.05, 0.1) is 18.0 Å². The fourth-order valence-corrected chi connectivity index (χ4v) is 3.26. The molecule has 2 heterocycles. The van der Waals surface area contributed by atoms with E-state index in [9.17, 15) is 22.8 Å². The predicted octanol–water partition coefficient (Wildman–Crippen LogP) is 1.99. The smallest absolute Gasteiger partial charge is 0.354 e. The number of likely N-dealkylation sites (tertiary alicyclic amines) is 1. The van der Waals surface area contributed by atoms with Crippen LogP contribution < -0.4 is 10.9 Å². The molecule has 0 radical (unpaired) electrons. The van der Waals surface area contributed by atoms with Crippen LogP contribution in [0.1, 0.15) is 23.3 Å². The molecule has 1 aromatic carbocycles. The Morgan fingerprint density at radius 1 is 1.31 bits per heavy atom. The zero-order valence-corrected chi connectivity index (χ0v) is 14.2. The van der Waals surface area contributed by atoms with Gasteiger partial charge in [0.1, 0.15) is 0 Å². The molecule has 2 aromatic rings. The highest BCUT2D eigenvalue weighted by Crippen LogP contribution is 2.33. The lowest BCUT2D eigenvalue weighted by atomic mass is 9.98. The Kier molecular flexibility index (Phi) is 4.99. The van der Waals surface area contributed by atoms with Crippen molar-refractivity contribution in [3.63, 3.8) is 0 Å². The van der Waals surface area contributed by atoms with Gasteiger partial charge in [0.25, 0.3) is 11.5 Å². The number of hydrogen-bond acceptors (Lipinski definition) is 4. The van der Waals surface area contributed by atoms with E-state index in [1.54, 1.807) is 29.2 Å². The van der Waals surface area contributed by atoms with Gasteiger partial charge < -0.3 is 5.32 Å². The first-order valence-electron chi connectivity index (χ1n) is 8.32. The number of amides is 1. The normalized spacial score (nSPS) is 18.8. The number of benzene rings is 1. The summed E-state index contributed by atoms with van der Waals surface area (Å²) in [4.78, 5) is 26.3. The maximum Gasteiger partial charge on any atom is 0.393 e. The highest BCUT2D eigenvalue weighted by atomic mass is 19.4. The van der Waals surface area contributed by atoms with Crippen molar-refractivity contribution in [2.75, 3.05) is 20.1 Å². The second-order valence-corrected chi connectivity index (χ2v) is 6.38. The first-order valence-corrected chi connectivity index (χ1v) is 8.32. The van der Waals surface area contributed by atoms with Crippen LogP contribution in [-0.4, -0.2) is 46.9 Å². The van der Waals surface area contributed by atoms with E-state index in [1.807, 2.05) is 0 Å². The molecular formula is C17H19F3N4O2. The van der Waals surface area contributed by atoms with Crippen LogP contribution >= 0.6 is 0 Å². The van der Waals surface area contributed by atoms with Crippen molar-refractivity contribution in [1.29, 1.82) is 0 Å². The van der Waals surface area contributed by atoms with Gasteiger partial charge >= 0.3 is 6.18 Å². The lowest BCUT2D eigenvalue weighted by molar-refractivity contribution is -0.188. The molecule has 6 nitrogen and oxygen atoms in total. The molecule has 0 aliphatic carbocycles. The lowest BCUT2D eigenvalue weighted by Gasteiger charge is -2.33. The minimum Gasteiger partial charge on any atom is -0.354 e. The Labute approximate surface area is 147 Å². The van der Waals surface area contributed by atoms with Crippen molar-refractivity contribution < 1.29 is 18.0 Å². The number of rotatable bonds is 3. The summed E-state index contributed by atoms with van der Waals surface area (Å²) in [5.74, 6) is -1.87. The molecule has 1 aliphatic heterocycles. The van der Waals surface area contributed by atoms with Crippen LogP contribution in [-0.2, 0) is 6.67 Å². The number of alkyl halides is 3. The Morgan fingerprint density at radius 2 is 2.00 bits per heavy atom. The van der Waals surface area contributed by atoms with Crippen LogP contribution in [0.15, 0.2) is 29.1 Å². The van der Waals surface area contributed by atoms with Crippen molar-refractivity contribution in [3.05, 3.63) is 40.3 Å². The molecule has 1 unspecified atom stereocenters. The SMILES string of the molecule is CNC(=O)c1nn(CN2CCCC(C(F)(F)F)C2)c(=O)c2ccccc12. The average molecular weight is 368 g/mol. The summed E-state index contributed by atoms with van der Waals surface area (Å²) in [5.41, 5.74) is -0.352. The van der Waals surface area contributed by atoms with E-state index in [0.717, 1.165) is 4.68 Å². The summed E-state index contributed by atoms with van der Waals surface area (Å²) in [6.45, 7) is 0.183. The minimum atomic E-state index is -4.26. The molecule has 1 amide bonds. The van der Waals surface area contributed by atoms with Gasteiger partial charge in [-0.05, 0) is 25.5 Å². The highest BCUT2D eigenvalue weighted by Gasteiger charge is 2.41. The van der Waals surface area contributed by atoms with Crippen molar-refractivity contribution in [3.8, 4) is 0 Å². The first-order chi connectivity index (χ1) is 12.3. The topological polar surface area (TPSA) is 67.2 Å². The molecule has 1 aliphatic rings. The van der Waals surface area contributed by atoms with E-state index in [-0.39, 0.29) is 25.3 Å². The molecule has 1 aromatic heterocycles. The molecule has 0 bridgehead atoms. The number of fused-ring (bicyclic) bond motifs is 1. The van der Waals surface area contributed by atoms with E-state index < -0.39 is 23.6 Å². The predicted molar refractivity (Wildman–Crippen MR) is 89.7 cm³/mol. The standard InChI is InChI=1S/C17H19F3N4O2/c1-21-15(25)14-12-6-2-3-7-13(12)16(26)24(22-14)10-23-8-4-5-11(9-23)17(18,19)20/h2-3,6-7,11H,4-5,8-10H2,1H3,(H,21,25). The molecule has 26 heavy (non-hydrogen) atoms. The van der Waals surface area contributed by atoms with Crippen LogP contribution in [0.2, 0.25) is 0 Å². The summed E-state index contributed by atoms with van der Waals surface area (Å²) in [6.07, 6.45) is -3.77. The molecule has 140 valence electrons. The molecule has 0 saturated carbocycles. The van der Waals surface area contributed by atoms with Gasteiger partial charge in [-0.3, -0.25) is 14.5 Å². The van der Waals surface area contributed by atoms with Gasteiger partial charge in [0.2, 0.25) is 0 Å². The van der Waals surface area contributed by atoms with Crippen LogP contribution in [0.25, 0.3) is 10.8 Å². The Morgan fingerprint density at radius 3 is 2.65 bits per heavy atom. The summed E-state index contributed by atoms with van der Waals surface area (Å²) in [7, 11) is 1.45. The fourth-order valence-electron chi connectivity index (χ4n) is 3.26. The first kappa shape index (κ1) is 18.4. The molecular weight excluding hydrogens is 349 g/mol. The van der Waals surface area contributed by atoms with Gasteiger partial charge in [-0.1, -0.05) is 18.2 Å². The van der Waals surface area contributed by atoms with Crippen LogP contribution in [0, 0.1) is 5.92 Å².